The molecule has 0 saturated carbocycles. The first-order chi connectivity index (χ1) is 16.5. The second kappa shape index (κ2) is 10.6. The first-order valence-electron chi connectivity index (χ1n) is 11.8. The van der Waals surface area contributed by atoms with E-state index in [0.717, 1.165) is 49.9 Å². The summed E-state index contributed by atoms with van der Waals surface area (Å²) in [5.74, 6) is -0.567. The van der Waals surface area contributed by atoms with E-state index in [1.807, 2.05) is 11.0 Å². The zero-order chi connectivity index (χ0) is 24.1. The third-order valence-electron chi connectivity index (χ3n) is 6.59. The van der Waals surface area contributed by atoms with Crippen LogP contribution >= 0.6 is 0 Å². The van der Waals surface area contributed by atoms with Crippen LogP contribution in [0, 0.1) is 15.9 Å². The van der Waals surface area contributed by atoms with Gasteiger partial charge in [0, 0.05) is 57.8 Å². The predicted octanol–water partition coefficient (Wildman–Crippen LogP) is 3.82. The maximum atomic E-state index is 14.7. The van der Waals surface area contributed by atoms with Gasteiger partial charge in [-0.1, -0.05) is 6.07 Å². The van der Waals surface area contributed by atoms with Gasteiger partial charge in [0.25, 0.3) is 11.6 Å². The number of anilines is 2. The minimum atomic E-state index is -0.476. The molecule has 2 aromatic rings. The van der Waals surface area contributed by atoms with Crippen molar-refractivity contribution in [2.75, 3.05) is 49.1 Å². The molecular formula is C25H29FN4O4. The van der Waals surface area contributed by atoms with E-state index in [2.05, 4.69) is 4.90 Å². The molecule has 2 aliphatic rings. The van der Waals surface area contributed by atoms with Gasteiger partial charge >= 0.3 is 0 Å². The van der Waals surface area contributed by atoms with E-state index in [0.29, 0.717) is 50.3 Å². The zero-order valence-electron chi connectivity index (χ0n) is 19.1. The van der Waals surface area contributed by atoms with Crippen molar-refractivity contribution in [1.82, 2.24) is 4.90 Å². The average molecular weight is 469 g/mol. The summed E-state index contributed by atoms with van der Waals surface area (Å²) in [4.78, 5) is 40.6. The monoisotopic (exact) mass is 468 g/mol. The summed E-state index contributed by atoms with van der Waals surface area (Å²) in [5.41, 5.74) is 2.26. The Morgan fingerprint density at radius 1 is 0.941 bits per heavy atom. The number of non-ortho nitro benzene ring substituents is 1. The number of nitro benzene ring substituents is 1. The van der Waals surface area contributed by atoms with E-state index in [9.17, 15) is 24.1 Å². The number of hydrogen-bond acceptors (Lipinski definition) is 6. The van der Waals surface area contributed by atoms with Crippen LogP contribution in [0.15, 0.2) is 36.4 Å². The Labute approximate surface area is 198 Å². The number of aryl methyl sites for hydroxylation is 1. The van der Waals surface area contributed by atoms with E-state index in [4.69, 9.17) is 0 Å². The molecule has 0 spiro atoms. The van der Waals surface area contributed by atoms with Gasteiger partial charge in [0.15, 0.2) is 0 Å². The fourth-order valence-corrected chi connectivity index (χ4v) is 4.73. The van der Waals surface area contributed by atoms with E-state index >= 15 is 0 Å². The molecule has 0 unspecified atom stereocenters. The van der Waals surface area contributed by atoms with Gasteiger partial charge in [-0.2, -0.15) is 0 Å². The van der Waals surface area contributed by atoms with Crippen LogP contribution in [0.1, 0.15) is 41.6 Å². The van der Waals surface area contributed by atoms with Gasteiger partial charge in [-0.25, -0.2) is 4.39 Å². The van der Waals surface area contributed by atoms with E-state index in [-0.39, 0.29) is 17.4 Å². The molecule has 2 saturated heterocycles. The van der Waals surface area contributed by atoms with Crippen LogP contribution in [0.5, 0.6) is 0 Å². The average Bonchev–Trinajstić information content (AvgIpc) is 2.87. The van der Waals surface area contributed by atoms with Gasteiger partial charge in [-0.15, -0.1) is 0 Å². The molecule has 2 heterocycles. The number of hydrogen-bond donors (Lipinski definition) is 0. The predicted molar refractivity (Wildman–Crippen MR) is 128 cm³/mol. The Hall–Kier alpha value is -3.49. The van der Waals surface area contributed by atoms with Crippen molar-refractivity contribution in [2.24, 2.45) is 0 Å². The normalized spacial score (nSPS) is 16.4. The minimum absolute atomic E-state index is 0.0977. The highest BCUT2D eigenvalue weighted by Crippen LogP contribution is 2.30. The lowest BCUT2D eigenvalue weighted by Gasteiger charge is -2.37. The first kappa shape index (κ1) is 23.7. The molecule has 0 atom stereocenters. The Morgan fingerprint density at radius 3 is 2.26 bits per heavy atom. The number of piperidine rings is 1. The van der Waals surface area contributed by atoms with Gasteiger partial charge in [-0.05, 0) is 49.4 Å². The number of rotatable bonds is 7. The molecule has 0 bridgehead atoms. The SMILES string of the molecule is O=CCCc1ccc(N2CCN(C(=O)c3cc([N+](=O)[O-])ccc3N3CCCCC3)CC2)c(F)c1. The fraction of sp³-hybridized carbons (Fsp3) is 0.440. The van der Waals surface area contributed by atoms with Crippen LogP contribution in [0.2, 0.25) is 0 Å². The Kier molecular flexibility index (Phi) is 7.40. The number of nitrogens with zero attached hydrogens (tertiary/aromatic N) is 4. The minimum Gasteiger partial charge on any atom is -0.371 e. The lowest BCUT2D eigenvalue weighted by molar-refractivity contribution is -0.384. The smallest absolute Gasteiger partial charge is 0.270 e. The summed E-state index contributed by atoms with van der Waals surface area (Å²) in [7, 11) is 0. The third-order valence-corrected chi connectivity index (χ3v) is 6.59. The molecule has 1 amide bonds. The van der Waals surface area contributed by atoms with Crippen molar-refractivity contribution in [3.8, 4) is 0 Å². The molecule has 180 valence electrons. The van der Waals surface area contributed by atoms with Crippen molar-refractivity contribution >= 4 is 29.3 Å². The lowest BCUT2D eigenvalue weighted by Crippen LogP contribution is -2.49. The first-order valence-corrected chi connectivity index (χ1v) is 11.8. The highest BCUT2D eigenvalue weighted by Gasteiger charge is 2.28. The molecule has 0 aliphatic carbocycles. The molecule has 2 aliphatic heterocycles. The topological polar surface area (TPSA) is 87.0 Å². The van der Waals surface area contributed by atoms with Crippen LogP contribution in [0.25, 0.3) is 0 Å². The number of amides is 1. The lowest BCUT2D eigenvalue weighted by atomic mass is 10.0. The molecule has 2 fully saturated rings. The number of aldehydes is 1. The molecule has 0 radical (unpaired) electrons. The summed E-state index contributed by atoms with van der Waals surface area (Å²) < 4.78 is 14.7. The number of nitro groups is 1. The van der Waals surface area contributed by atoms with E-state index < -0.39 is 4.92 Å². The fourth-order valence-electron chi connectivity index (χ4n) is 4.73. The number of piperazine rings is 1. The van der Waals surface area contributed by atoms with Crippen molar-refractivity contribution in [1.29, 1.82) is 0 Å². The molecular weight excluding hydrogens is 439 g/mol. The van der Waals surface area contributed by atoms with Gasteiger partial charge < -0.3 is 19.5 Å². The van der Waals surface area contributed by atoms with E-state index in [1.54, 1.807) is 17.0 Å². The maximum absolute atomic E-state index is 14.7. The number of carbonyl (C=O) groups is 2. The van der Waals surface area contributed by atoms with Crippen LogP contribution in [-0.2, 0) is 11.2 Å². The van der Waals surface area contributed by atoms with Crippen LogP contribution < -0.4 is 9.80 Å². The largest absolute Gasteiger partial charge is 0.371 e. The number of carbonyl (C=O) groups excluding carboxylic acids is 2. The summed E-state index contributed by atoms with van der Waals surface area (Å²) >= 11 is 0. The quantitative estimate of drug-likeness (QED) is 0.349. The number of halogens is 1. The molecule has 4 rings (SSSR count). The van der Waals surface area contributed by atoms with Crippen molar-refractivity contribution in [3.05, 3.63) is 63.5 Å². The second-order valence-electron chi connectivity index (χ2n) is 8.78. The molecule has 34 heavy (non-hydrogen) atoms. The maximum Gasteiger partial charge on any atom is 0.270 e. The van der Waals surface area contributed by atoms with Gasteiger partial charge in [0.05, 0.1) is 21.9 Å². The van der Waals surface area contributed by atoms with Crippen LogP contribution in [-0.4, -0.2) is 61.3 Å². The Balaban J connectivity index is 1.48. The van der Waals surface area contributed by atoms with Crippen molar-refractivity contribution in [2.45, 2.75) is 32.1 Å². The van der Waals surface area contributed by atoms with Gasteiger partial charge in [0.2, 0.25) is 0 Å². The van der Waals surface area contributed by atoms with Crippen LogP contribution in [0.3, 0.4) is 0 Å². The zero-order valence-corrected chi connectivity index (χ0v) is 19.1. The highest BCUT2D eigenvalue weighted by atomic mass is 19.1. The molecule has 0 aromatic heterocycles. The van der Waals surface area contributed by atoms with Crippen molar-refractivity contribution in [3.63, 3.8) is 0 Å². The van der Waals surface area contributed by atoms with Crippen molar-refractivity contribution < 1.29 is 18.9 Å². The third kappa shape index (κ3) is 5.18. The van der Waals surface area contributed by atoms with Gasteiger partial charge in [0.1, 0.15) is 12.1 Å². The van der Waals surface area contributed by atoms with Gasteiger partial charge in [-0.3, -0.25) is 14.9 Å². The second-order valence-corrected chi connectivity index (χ2v) is 8.78. The standard InChI is InChI=1S/C25H29FN4O4/c26-22-17-19(5-4-16-31)6-8-24(22)28-12-14-29(15-13-28)25(32)21-18-20(30(33)34)7-9-23(21)27-10-2-1-3-11-27/h6-9,16-18H,1-5,10-15H2. The molecule has 9 heteroatoms. The molecule has 8 nitrogen and oxygen atoms in total. The summed E-state index contributed by atoms with van der Waals surface area (Å²) in [5, 5.41) is 11.4. The summed E-state index contributed by atoms with van der Waals surface area (Å²) in [6.45, 7) is 3.37. The Morgan fingerprint density at radius 2 is 1.62 bits per heavy atom. The summed E-state index contributed by atoms with van der Waals surface area (Å²) in [6.07, 6.45) is 4.89. The van der Waals surface area contributed by atoms with E-state index in [1.165, 1.54) is 18.2 Å². The van der Waals surface area contributed by atoms with Crippen LogP contribution in [0.4, 0.5) is 21.5 Å². The summed E-state index contributed by atoms with van der Waals surface area (Å²) in [6, 6.07) is 9.55. The highest BCUT2D eigenvalue weighted by molar-refractivity contribution is 6.00. The Bertz CT molecular complexity index is 1060. The molecule has 2 aromatic carbocycles. The number of benzene rings is 2. The molecule has 0 N–H and O–H groups in total.